The summed E-state index contributed by atoms with van der Waals surface area (Å²) < 4.78 is 4.58. The Morgan fingerprint density at radius 1 is 1.54 bits per heavy atom. The third-order valence-electron chi connectivity index (χ3n) is 1.95. The topological polar surface area (TPSA) is 86.2 Å². The molecule has 1 saturated carbocycles. The maximum absolute atomic E-state index is 11.4. The Kier molecular flexibility index (Phi) is 1.65. The van der Waals surface area contributed by atoms with Crippen LogP contribution in [0.25, 0.3) is 0 Å². The lowest BCUT2D eigenvalue weighted by atomic mass is 10.2. The van der Waals surface area contributed by atoms with Crippen LogP contribution in [0.15, 0.2) is 10.6 Å². The molecule has 0 unspecified atom stereocenters. The number of amides is 1. The molecule has 0 aromatic carbocycles. The highest BCUT2D eigenvalue weighted by Crippen LogP contribution is 2.32. The van der Waals surface area contributed by atoms with Crippen LogP contribution in [0.2, 0.25) is 0 Å². The normalized spacial score (nSPS) is 15.7. The van der Waals surface area contributed by atoms with Gasteiger partial charge in [0, 0.05) is 12.0 Å². The predicted octanol–water partition coefficient (Wildman–Crippen LogP) is 0.366. The number of hydrogen-bond donors (Lipinski definition) is 1. The molecule has 5 heteroatoms. The Morgan fingerprint density at radius 2 is 2.23 bits per heavy atom. The van der Waals surface area contributed by atoms with Gasteiger partial charge >= 0.3 is 0 Å². The Balaban J connectivity index is 2.21. The molecule has 1 aromatic rings. The standard InChI is InChI=1S/C8H8N2O3/c9-8(12)6-3-5(10-13-6)7(11)4-1-2-4/h3-4H,1-2H2,(H2,9,12). The van der Waals surface area contributed by atoms with E-state index in [1.807, 2.05) is 0 Å². The van der Waals surface area contributed by atoms with Gasteiger partial charge in [-0.3, -0.25) is 9.59 Å². The van der Waals surface area contributed by atoms with Crippen LogP contribution in [0.4, 0.5) is 0 Å². The largest absolute Gasteiger partial charge is 0.363 e. The Labute approximate surface area is 73.9 Å². The van der Waals surface area contributed by atoms with Gasteiger partial charge in [0.2, 0.25) is 5.76 Å². The highest BCUT2D eigenvalue weighted by molar-refractivity contribution is 5.99. The molecule has 0 bridgehead atoms. The van der Waals surface area contributed by atoms with Crippen LogP contribution < -0.4 is 5.73 Å². The summed E-state index contributed by atoms with van der Waals surface area (Å²) in [6.45, 7) is 0. The van der Waals surface area contributed by atoms with E-state index in [0.29, 0.717) is 0 Å². The van der Waals surface area contributed by atoms with Crippen molar-refractivity contribution in [3.63, 3.8) is 0 Å². The molecule has 0 radical (unpaired) electrons. The van der Waals surface area contributed by atoms with E-state index in [9.17, 15) is 9.59 Å². The number of ketones is 1. The van der Waals surface area contributed by atoms with Crippen molar-refractivity contribution in [3.05, 3.63) is 17.5 Å². The van der Waals surface area contributed by atoms with Gasteiger partial charge < -0.3 is 10.3 Å². The molecule has 1 amide bonds. The summed E-state index contributed by atoms with van der Waals surface area (Å²) in [6.07, 6.45) is 1.80. The Bertz CT molecular complexity index is 365. The smallest absolute Gasteiger partial charge is 0.287 e. The lowest BCUT2D eigenvalue weighted by molar-refractivity contribution is 0.0945. The minimum atomic E-state index is -0.706. The first-order valence-electron chi connectivity index (χ1n) is 3.99. The van der Waals surface area contributed by atoms with Gasteiger partial charge in [0.15, 0.2) is 11.5 Å². The molecule has 2 N–H and O–H groups in total. The Hall–Kier alpha value is -1.65. The molecule has 1 heterocycles. The van der Waals surface area contributed by atoms with Gasteiger partial charge in [-0.25, -0.2) is 0 Å². The monoisotopic (exact) mass is 180 g/mol. The van der Waals surface area contributed by atoms with E-state index in [-0.39, 0.29) is 23.2 Å². The third-order valence-corrected chi connectivity index (χ3v) is 1.95. The number of Topliss-reactive ketones (excluding diaryl/α,β-unsaturated/α-hetero) is 1. The van der Waals surface area contributed by atoms with Gasteiger partial charge in [-0.05, 0) is 12.8 Å². The van der Waals surface area contributed by atoms with Gasteiger partial charge in [-0.15, -0.1) is 0 Å². The molecule has 2 rings (SSSR count). The average molecular weight is 180 g/mol. The van der Waals surface area contributed by atoms with Crippen molar-refractivity contribution in [2.75, 3.05) is 0 Å². The SMILES string of the molecule is NC(=O)c1cc(C(=O)C2CC2)no1. The zero-order chi connectivity index (χ0) is 9.42. The molecule has 1 aromatic heterocycles. The van der Waals surface area contributed by atoms with E-state index in [0.717, 1.165) is 12.8 Å². The van der Waals surface area contributed by atoms with E-state index in [2.05, 4.69) is 9.68 Å². The summed E-state index contributed by atoms with van der Waals surface area (Å²) in [7, 11) is 0. The number of nitrogens with zero attached hydrogens (tertiary/aromatic N) is 1. The zero-order valence-electron chi connectivity index (χ0n) is 6.82. The summed E-state index contributed by atoms with van der Waals surface area (Å²) in [5, 5.41) is 3.47. The molecule has 1 aliphatic rings. The number of aromatic nitrogens is 1. The van der Waals surface area contributed by atoms with Crippen LogP contribution in [0, 0.1) is 5.92 Å². The van der Waals surface area contributed by atoms with E-state index in [4.69, 9.17) is 5.73 Å². The fourth-order valence-corrected chi connectivity index (χ4v) is 1.06. The molecule has 0 spiro atoms. The second-order valence-electron chi connectivity index (χ2n) is 3.08. The number of carbonyl (C=O) groups is 2. The van der Waals surface area contributed by atoms with E-state index < -0.39 is 5.91 Å². The first kappa shape index (κ1) is 7.97. The number of carbonyl (C=O) groups excluding carboxylic acids is 2. The fraction of sp³-hybridized carbons (Fsp3) is 0.375. The Morgan fingerprint density at radius 3 is 2.69 bits per heavy atom. The average Bonchev–Trinajstić information content (AvgIpc) is 2.81. The quantitative estimate of drug-likeness (QED) is 0.680. The van der Waals surface area contributed by atoms with Crippen molar-refractivity contribution in [1.29, 1.82) is 0 Å². The molecule has 5 nitrogen and oxygen atoms in total. The first-order valence-corrected chi connectivity index (χ1v) is 3.99. The first-order chi connectivity index (χ1) is 6.18. The summed E-state index contributed by atoms with van der Waals surface area (Å²) in [5.41, 5.74) is 5.14. The molecule has 0 atom stereocenters. The number of hydrogen-bond acceptors (Lipinski definition) is 4. The molecular weight excluding hydrogens is 172 g/mol. The van der Waals surface area contributed by atoms with Crippen molar-refractivity contribution in [3.8, 4) is 0 Å². The zero-order valence-corrected chi connectivity index (χ0v) is 6.82. The van der Waals surface area contributed by atoms with Gasteiger partial charge in [0.25, 0.3) is 5.91 Å². The van der Waals surface area contributed by atoms with E-state index in [1.165, 1.54) is 6.07 Å². The van der Waals surface area contributed by atoms with Crippen LogP contribution in [0.5, 0.6) is 0 Å². The maximum Gasteiger partial charge on any atom is 0.287 e. The van der Waals surface area contributed by atoms with Crippen molar-refractivity contribution < 1.29 is 14.1 Å². The van der Waals surface area contributed by atoms with E-state index >= 15 is 0 Å². The summed E-state index contributed by atoms with van der Waals surface area (Å²) in [5.74, 6) is -0.756. The summed E-state index contributed by atoms with van der Waals surface area (Å²) in [4.78, 5) is 22.0. The van der Waals surface area contributed by atoms with Crippen LogP contribution in [0.3, 0.4) is 0 Å². The molecule has 68 valence electrons. The van der Waals surface area contributed by atoms with E-state index in [1.54, 1.807) is 0 Å². The molecule has 1 fully saturated rings. The molecular formula is C8H8N2O3. The second-order valence-corrected chi connectivity index (χ2v) is 3.08. The van der Waals surface area contributed by atoms with Crippen LogP contribution in [0.1, 0.15) is 33.9 Å². The fourth-order valence-electron chi connectivity index (χ4n) is 1.06. The lowest BCUT2D eigenvalue weighted by Gasteiger charge is -1.86. The van der Waals surface area contributed by atoms with Crippen molar-refractivity contribution >= 4 is 11.7 Å². The minimum Gasteiger partial charge on any atom is -0.363 e. The van der Waals surface area contributed by atoms with Crippen LogP contribution in [-0.4, -0.2) is 16.8 Å². The van der Waals surface area contributed by atoms with Gasteiger partial charge in [0.05, 0.1) is 0 Å². The highest BCUT2D eigenvalue weighted by Gasteiger charge is 2.32. The minimum absolute atomic E-state index is 0.0590. The predicted molar refractivity (Wildman–Crippen MR) is 42.1 cm³/mol. The van der Waals surface area contributed by atoms with Crippen molar-refractivity contribution in [2.24, 2.45) is 11.7 Å². The lowest BCUT2D eigenvalue weighted by Crippen LogP contribution is -2.09. The van der Waals surface area contributed by atoms with Crippen molar-refractivity contribution in [2.45, 2.75) is 12.8 Å². The summed E-state index contributed by atoms with van der Waals surface area (Å²) in [6, 6.07) is 1.29. The summed E-state index contributed by atoms with van der Waals surface area (Å²) >= 11 is 0. The molecule has 0 saturated heterocycles. The second kappa shape index (κ2) is 2.69. The maximum atomic E-state index is 11.4. The van der Waals surface area contributed by atoms with Gasteiger partial charge in [-0.1, -0.05) is 5.16 Å². The number of nitrogens with two attached hydrogens (primary N) is 1. The van der Waals surface area contributed by atoms with Crippen molar-refractivity contribution in [1.82, 2.24) is 5.16 Å². The number of primary amides is 1. The number of rotatable bonds is 3. The molecule has 1 aliphatic carbocycles. The highest BCUT2D eigenvalue weighted by atomic mass is 16.5. The van der Waals surface area contributed by atoms with Crippen LogP contribution in [-0.2, 0) is 0 Å². The third kappa shape index (κ3) is 1.44. The van der Waals surface area contributed by atoms with Gasteiger partial charge in [0.1, 0.15) is 0 Å². The van der Waals surface area contributed by atoms with Gasteiger partial charge in [-0.2, -0.15) is 0 Å². The molecule has 13 heavy (non-hydrogen) atoms. The molecule has 0 aliphatic heterocycles. The van der Waals surface area contributed by atoms with Crippen LogP contribution >= 0.6 is 0 Å².